The van der Waals surface area contributed by atoms with Gasteiger partial charge < -0.3 is 9.05 Å². The van der Waals surface area contributed by atoms with Gasteiger partial charge in [-0.05, 0) is 76.1 Å². The third-order valence-corrected chi connectivity index (χ3v) is 6.96. The molecule has 0 atom stereocenters. The summed E-state index contributed by atoms with van der Waals surface area (Å²) in [4.78, 5) is 11.9. The van der Waals surface area contributed by atoms with Gasteiger partial charge in [0.2, 0.25) is 0 Å². The van der Waals surface area contributed by atoms with E-state index in [1.165, 1.54) is 46.9 Å². The quantitative estimate of drug-likeness (QED) is 0.121. The first kappa shape index (κ1) is 34.8. The number of unbranched alkanes of at least 4 members (excludes halogenated alkanes) is 4. The number of allylic oxidation sites excluding steroid dienone is 3. The molecule has 0 aliphatic rings. The van der Waals surface area contributed by atoms with Crippen molar-refractivity contribution in [3.05, 3.63) is 75.8 Å². The summed E-state index contributed by atoms with van der Waals surface area (Å²) < 4.78 is 10.4. The zero-order valence-electron chi connectivity index (χ0n) is 26.5. The van der Waals surface area contributed by atoms with Crippen molar-refractivity contribution in [3.63, 3.8) is 0 Å². The van der Waals surface area contributed by atoms with Crippen molar-refractivity contribution < 1.29 is 13.8 Å². The Kier molecular flexibility index (Phi) is 17.2. The minimum atomic E-state index is 0.0456. The SMILES string of the molecule is CC.CCC(C)=C(C)/C=C\c1cc(-c2cc(CCCCCCC(=O)c3ccon3)no2)c(C)cc1C.CCCC. The van der Waals surface area contributed by atoms with Crippen LogP contribution in [0.5, 0.6) is 0 Å². The zero-order valence-corrected chi connectivity index (χ0v) is 26.5. The monoisotopic (exact) mass is 548 g/mol. The highest BCUT2D eigenvalue weighted by atomic mass is 16.5. The lowest BCUT2D eigenvalue weighted by Crippen LogP contribution is -1.98. The Bertz CT molecular complexity index is 1180. The average Bonchev–Trinajstić information content (AvgIpc) is 3.68. The molecule has 0 aliphatic carbocycles. The largest absolute Gasteiger partial charge is 0.364 e. The molecule has 2 heterocycles. The number of benzene rings is 1. The summed E-state index contributed by atoms with van der Waals surface area (Å²) in [6, 6.07) is 8.09. The molecule has 0 unspecified atom stereocenters. The molecule has 0 bridgehead atoms. The smallest absolute Gasteiger partial charge is 0.184 e. The maximum absolute atomic E-state index is 11.9. The van der Waals surface area contributed by atoms with Gasteiger partial charge in [-0.1, -0.05) is 100.0 Å². The van der Waals surface area contributed by atoms with Crippen LogP contribution in [-0.4, -0.2) is 16.1 Å². The molecule has 0 saturated heterocycles. The molecule has 0 aliphatic heterocycles. The number of ketones is 1. The second-order valence-corrected chi connectivity index (χ2v) is 10.1. The molecule has 1 aromatic carbocycles. The number of aromatic nitrogens is 2. The number of hydrogen-bond donors (Lipinski definition) is 0. The number of hydrogen-bond acceptors (Lipinski definition) is 5. The molecule has 0 radical (unpaired) electrons. The van der Waals surface area contributed by atoms with Crippen molar-refractivity contribution in [2.45, 2.75) is 120 Å². The van der Waals surface area contributed by atoms with Crippen molar-refractivity contribution in [3.8, 4) is 11.3 Å². The fourth-order valence-corrected chi connectivity index (χ4v) is 3.94. The predicted octanol–water partition coefficient (Wildman–Crippen LogP) is 10.9. The summed E-state index contributed by atoms with van der Waals surface area (Å²) in [5, 5.41) is 7.99. The maximum Gasteiger partial charge on any atom is 0.184 e. The number of nitrogens with zero attached hydrogens (tertiary/aromatic N) is 2. The molecule has 0 N–H and O–H groups in total. The summed E-state index contributed by atoms with van der Waals surface area (Å²) in [6.07, 6.45) is 14.9. The first-order chi connectivity index (χ1) is 19.3. The lowest BCUT2D eigenvalue weighted by molar-refractivity contribution is 0.0970. The highest BCUT2D eigenvalue weighted by molar-refractivity contribution is 5.93. The number of rotatable bonds is 13. The van der Waals surface area contributed by atoms with E-state index in [1.807, 2.05) is 13.8 Å². The van der Waals surface area contributed by atoms with Crippen LogP contribution in [0.25, 0.3) is 17.4 Å². The summed E-state index contributed by atoms with van der Waals surface area (Å²) in [7, 11) is 0. The van der Waals surface area contributed by atoms with Gasteiger partial charge >= 0.3 is 0 Å². The molecule has 0 amide bonds. The van der Waals surface area contributed by atoms with Gasteiger partial charge in [0, 0.05) is 24.1 Å². The minimum absolute atomic E-state index is 0.0456. The Labute approximate surface area is 243 Å². The van der Waals surface area contributed by atoms with Gasteiger partial charge in [-0.3, -0.25) is 4.79 Å². The first-order valence-corrected chi connectivity index (χ1v) is 15.2. The molecule has 2 aromatic heterocycles. The van der Waals surface area contributed by atoms with Gasteiger partial charge in [-0.25, -0.2) is 0 Å². The highest BCUT2D eigenvalue weighted by Gasteiger charge is 2.12. The number of carbonyl (C=O) groups is 1. The minimum Gasteiger partial charge on any atom is -0.364 e. The Hall–Kier alpha value is -3.21. The van der Waals surface area contributed by atoms with E-state index in [1.54, 1.807) is 6.07 Å². The maximum atomic E-state index is 11.9. The van der Waals surface area contributed by atoms with Crippen LogP contribution in [0.15, 0.2) is 56.8 Å². The summed E-state index contributed by atoms with van der Waals surface area (Å²) in [5.41, 5.74) is 8.83. The molecule has 5 nitrogen and oxygen atoms in total. The average molecular weight is 549 g/mol. The fourth-order valence-electron chi connectivity index (χ4n) is 3.94. The van der Waals surface area contributed by atoms with Crippen LogP contribution in [0.4, 0.5) is 0 Å². The standard InChI is InChI=1S/C29H36N2O3.C4H10.C2H6/c1-6-20(2)21(3)13-14-24-18-26(23(5)17-22(24)4)29-19-25(30-34-29)11-9-7-8-10-12-28(32)27-15-16-33-31-27;1-3-4-2;1-2/h13-19H,6-12H2,1-5H3;3-4H2,1-2H3;1-2H3/b14-13-,21-20?;;. The second kappa shape index (κ2) is 19.8. The molecular weight excluding hydrogens is 496 g/mol. The molecule has 40 heavy (non-hydrogen) atoms. The van der Waals surface area contributed by atoms with Crippen molar-refractivity contribution in [1.82, 2.24) is 10.3 Å². The second-order valence-electron chi connectivity index (χ2n) is 10.1. The van der Waals surface area contributed by atoms with Crippen LogP contribution >= 0.6 is 0 Å². The first-order valence-electron chi connectivity index (χ1n) is 15.2. The molecule has 220 valence electrons. The lowest BCUT2D eigenvalue weighted by Gasteiger charge is -2.08. The van der Waals surface area contributed by atoms with Crippen molar-refractivity contribution in [1.29, 1.82) is 0 Å². The topological polar surface area (TPSA) is 69.1 Å². The molecule has 5 heteroatoms. The number of aryl methyl sites for hydroxylation is 3. The van der Waals surface area contributed by atoms with Crippen LogP contribution < -0.4 is 0 Å². The summed E-state index contributed by atoms with van der Waals surface area (Å²) >= 11 is 0. The third-order valence-electron chi connectivity index (χ3n) is 6.96. The normalized spacial score (nSPS) is 11.4. The van der Waals surface area contributed by atoms with Gasteiger partial charge in [0.25, 0.3) is 0 Å². The summed E-state index contributed by atoms with van der Waals surface area (Å²) in [6.45, 7) is 19.2. The van der Waals surface area contributed by atoms with Gasteiger partial charge in [0.05, 0.1) is 5.69 Å². The van der Waals surface area contributed by atoms with E-state index < -0.39 is 0 Å². The third kappa shape index (κ3) is 11.9. The van der Waals surface area contributed by atoms with Crippen LogP contribution in [-0.2, 0) is 6.42 Å². The number of carbonyl (C=O) groups excluding carboxylic acids is 1. The Balaban J connectivity index is 0.00000122. The van der Waals surface area contributed by atoms with E-state index in [-0.39, 0.29) is 5.78 Å². The van der Waals surface area contributed by atoms with Crippen molar-refractivity contribution >= 4 is 11.9 Å². The van der Waals surface area contributed by atoms with E-state index in [2.05, 4.69) is 89.1 Å². The van der Waals surface area contributed by atoms with Gasteiger partial charge in [0.15, 0.2) is 11.5 Å². The highest BCUT2D eigenvalue weighted by Crippen LogP contribution is 2.29. The Morgan fingerprint density at radius 2 is 1.60 bits per heavy atom. The van der Waals surface area contributed by atoms with Crippen molar-refractivity contribution in [2.24, 2.45) is 0 Å². The van der Waals surface area contributed by atoms with E-state index in [0.29, 0.717) is 12.1 Å². The fraction of sp³-hybridized carbons (Fsp3) is 0.514. The summed E-state index contributed by atoms with van der Waals surface area (Å²) in [5.74, 6) is 0.863. The van der Waals surface area contributed by atoms with Gasteiger partial charge in [-0.2, -0.15) is 0 Å². The van der Waals surface area contributed by atoms with Gasteiger partial charge in [-0.15, -0.1) is 0 Å². The van der Waals surface area contributed by atoms with Crippen LogP contribution in [0, 0.1) is 13.8 Å². The molecule has 0 saturated carbocycles. The lowest BCUT2D eigenvalue weighted by atomic mass is 9.97. The van der Waals surface area contributed by atoms with E-state index in [9.17, 15) is 4.79 Å². The molecule has 3 aromatic rings. The van der Waals surface area contributed by atoms with Crippen LogP contribution in [0.2, 0.25) is 0 Å². The number of Topliss-reactive ketones (excluding diaryl/α,β-unsaturated/α-hetero) is 1. The van der Waals surface area contributed by atoms with Gasteiger partial charge in [0.1, 0.15) is 12.0 Å². The molecule has 0 spiro atoms. The Morgan fingerprint density at radius 1 is 0.900 bits per heavy atom. The van der Waals surface area contributed by atoms with E-state index >= 15 is 0 Å². The van der Waals surface area contributed by atoms with Crippen molar-refractivity contribution in [2.75, 3.05) is 0 Å². The van der Waals surface area contributed by atoms with Crippen LogP contribution in [0.1, 0.15) is 133 Å². The van der Waals surface area contributed by atoms with E-state index in [4.69, 9.17) is 9.05 Å². The molecule has 3 rings (SSSR count). The Morgan fingerprint density at radius 3 is 2.23 bits per heavy atom. The van der Waals surface area contributed by atoms with Crippen LogP contribution in [0.3, 0.4) is 0 Å². The molecule has 0 fully saturated rings. The van der Waals surface area contributed by atoms with E-state index in [0.717, 1.165) is 55.5 Å². The molecular formula is C35H52N2O3. The predicted molar refractivity (Wildman–Crippen MR) is 169 cm³/mol. The zero-order chi connectivity index (χ0) is 29.9.